The number of hydrogen-bond donors (Lipinski definition) is 1. The van der Waals surface area contributed by atoms with Crippen LogP contribution in [-0.4, -0.2) is 12.7 Å². The van der Waals surface area contributed by atoms with Crippen molar-refractivity contribution >= 4 is 0 Å². The molecule has 0 bridgehead atoms. The van der Waals surface area contributed by atoms with E-state index < -0.39 is 12.6 Å². The molecule has 0 aromatic heterocycles. The van der Waals surface area contributed by atoms with Crippen LogP contribution in [0.2, 0.25) is 0 Å². The van der Waals surface area contributed by atoms with Gasteiger partial charge in [0.2, 0.25) is 0 Å². The summed E-state index contributed by atoms with van der Waals surface area (Å²) in [5, 5.41) is 3.28. The van der Waals surface area contributed by atoms with E-state index in [1.807, 2.05) is 6.92 Å². The molecule has 0 saturated carbocycles. The van der Waals surface area contributed by atoms with Crippen molar-refractivity contribution < 1.29 is 13.2 Å². The Labute approximate surface area is 125 Å². The second kappa shape index (κ2) is 8.42. The maximum absolute atomic E-state index is 12.0. The first-order valence-corrected chi connectivity index (χ1v) is 7.67. The largest absolute Gasteiger partial charge is 0.389 e. The number of hydrogen-bond acceptors (Lipinski definition) is 1. The molecule has 1 rings (SSSR count). The third kappa shape index (κ3) is 8.10. The highest BCUT2D eigenvalue weighted by Gasteiger charge is 2.25. The predicted octanol–water partition coefficient (Wildman–Crippen LogP) is 5.27. The Morgan fingerprint density at radius 3 is 2.14 bits per heavy atom. The minimum atomic E-state index is -4.03. The van der Waals surface area contributed by atoms with E-state index in [9.17, 15) is 13.2 Å². The van der Waals surface area contributed by atoms with Gasteiger partial charge in [0.05, 0.1) is 0 Å². The van der Waals surface area contributed by atoms with Crippen LogP contribution in [0.1, 0.15) is 57.2 Å². The Bertz CT molecular complexity index is 395. The number of alkyl halides is 3. The Morgan fingerprint density at radius 1 is 1.00 bits per heavy atom. The molecule has 0 aliphatic carbocycles. The van der Waals surface area contributed by atoms with Crippen LogP contribution in [0.5, 0.6) is 0 Å². The number of benzene rings is 1. The molecule has 1 aromatic carbocycles. The van der Waals surface area contributed by atoms with Crippen LogP contribution in [-0.2, 0) is 6.42 Å². The van der Waals surface area contributed by atoms with Gasteiger partial charge in [0.1, 0.15) is 0 Å². The first-order valence-electron chi connectivity index (χ1n) is 7.67. The molecular weight excluding hydrogens is 275 g/mol. The van der Waals surface area contributed by atoms with Gasteiger partial charge < -0.3 is 5.32 Å². The highest BCUT2D eigenvalue weighted by molar-refractivity contribution is 5.25. The van der Waals surface area contributed by atoms with Gasteiger partial charge in [0.25, 0.3) is 0 Å². The van der Waals surface area contributed by atoms with Crippen LogP contribution in [0.15, 0.2) is 24.3 Å². The quantitative estimate of drug-likeness (QED) is 0.645. The lowest BCUT2D eigenvalue weighted by molar-refractivity contribution is -0.135. The van der Waals surface area contributed by atoms with Crippen molar-refractivity contribution in [1.82, 2.24) is 5.32 Å². The Hall–Kier alpha value is -1.03. The second-order valence-corrected chi connectivity index (χ2v) is 6.09. The topological polar surface area (TPSA) is 12.0 Å². The standard InChI is InChI=1S/C17H26F3N/c1-13(2)12-15-6-8-16(9-7-15)14(3)21-11-5-4-10-17(18,19)20/h6-9,13-14,21H,4-5,10-12H2,1-3H3. The summed E-state index contributed by atoms with van der Waals surface area (Å²) < 4.78 is 36.0. The fourth-order valence-electron chi connectivity index (χ4n) is 2.30. The van der Waals surface area contributed by atoms with Gasteiger partial charge in [-0.2, -0.15) is 13.2 Å². The first kappa shape index (κ1) is 18.0. The zero-order valence-electron chi connectivity index (χ0n) is 13.1. The molecule has 1 N–H and O–H groups in total. The Balaban J connectivity index is 2.30. The summed E-state index contributed by atoms with van der Waals surface area (Å²) in [5.74, 6) is 0.639. The zero-order valence-corrected chi connectivity index (χ0v) is 13.1. The summed E-state index contributed by atoms with van der Waals surface area (Å²) in [5.41, 5.74) is 2.50. The molecule has 1 atom stereocenters. The third-order valence-electron chi connectivity index (χ3n) is 3.46. The molecule has 0 heterocycles. The van der Waals surface area contributed by atoms with E-state index in [0.717, 1.165) is 6.42 Å². The summed E-state index contributed by atoms with van der Waals surface area (Å²) in [6, 6.07) is 8.65. The number of rotatable bonds is 8. The molecule has 0 saturated heterocycles. The normalized spacial score (nSPS) is 13.7. The van der Waals surface area contributed by atoms with Crippen LogP contribution >= 0.6 is 0 Å². The van der Waals surface area contributed by atoms with Crippen molar-refractivity contribution in [3.05, 3.63) is 35.4 Å². The summed E-state index contributed by atoms with van der Waals surface area (Å²) >= 11 is 0. The average Bonchev–Trinajstić information content (AvgIpc) is 2.37. The van der Waals surface area contributed by atoms with Gasteiger partial charge in [-0.05, 0) is 49.8 Å². The maximum Gasteiger partial charge on any atom is 0.389 e. The minimum Gasteiger partial charge on any atom is -0.310 e. The van der Waals surface area contributed by atoms with E-state index in [2.05, 4.69) is 43.4 Å². The van der Waals surface area contributed by atoms with Crippen LogP contribution in [0.3, 0.4) is 0 Å². The molecule has 0 radical (unpaired) electrons. The summed E-state index contributed by atoms with van der Waals surface area (Å²) in [6.45, 7) is 7.05. The van der Waals surface area contributed by atoms with Crippen molar-refractivity contribution in [2.75, 3.05) is 6.54 Å². The van der Waals surface area contributed by atoms with Crippen LogP contribution in [0.4, 0.5) is 13.2 Å². The van der Waals surface area contributed by atoms with Crippen molar-refractivity contribution in [2.45, 2.75) is 58.7 Å². The SMILES string of the molecule is CC(C)Cc1ccc(C(C)NCCCCC(F)(F)F)cc1. The number of halogens is 3. The zero-order chi connectivity index (χ0) is 15.9. The fourth-order valence-corrected chi connectivity index (χ4v) is 2.30. The second-order valence-electron chi connectivity index (χ2n) is 6.09. The molecule has 120 valence electrons. The number of nitrogens with one attached hydrogen (secondary N) is 1. The monoisotopic (exact) mass is 301 g/mol. The molecular formula is C17H26F3N. The Morgan fingerprint density at radius 2 is 1.62 bits per heavy atom. The molecule has 0 aliphatic rings. The molecule has 0 spiro atoms. The third-order valence-corrected chi connectivity index (χ3v) is 3.46. The van der Waals surface area contributed by atoms with Gasteiger partial charge in [-0.25, -0.2) is 0 Å². The Kier molecular flexibility index (Phi) is 7.23. The van der Waals surface area contributed by atoms with E-state index in [0.29, 0.717) is 18.9 Å². The molecule has 21 heavy (non-hydrogen) atoms. The lowest BCUT2D eigenvalue weighted by Crippen LogP contribution is -2.20. The summed E-state index contributed by atoms with van der Waals surface area (Å²) in [4.78, 5) is 0. The maximum atomic E-state index is 12.0. The molecule has 1 nitrogen and oxygen atoms in total. The van der Waals surface area contributed by atoms with Crippen LogP contribution in [0, 0.1) is 5.92 Å². The lowest BCUT2D eigenvalue weighted by atomic mass is 10.00. The van der Waals surface area contributed by atoms with E-state index in [-0.39, 0.29) is 12.5 Å². The van der Waals surface area contributed by atoms with E-state index in [1.165, 1.54) is 11.1 Å². The van der Waals surface area contributed by atoms with Gasteiger partial charge in [-0.15, -0.1) is 0 Å². The molecule has 4 heteroatoms. The van der Waals surface area contributed by atoms with Gasteiger partial charge in [-0.3, -0.25) is 0 Å². The number of unbranched alkanes of at least 4 members (excludes halogenated alkanes) is 1. The van der Waals surface area contributed by atoms with Gasteiger partial charge in [0.15, 0.2) is 0 Å². The van der Waals surface area contributed by atoms with Crippen molar-refractivity contribution in [3.8, 4) is 0 Å². The minimum absolute atomic E-state index is 0.170. The van der Waals surface area contributed by atoms with Gasteiger partial charge >= 0.3 is 6.18 Å². The smallest absolute Gasteiger partial charge is 0.310 e. The first-order chi connectivity index (χ1) is 9.78. The fraction of sp³-hybridized carbons (Fsp3) is 0.647. The van der Waals surface area contributed by atoms with Crippen molar-refractivity contribution in [3.63, 3.8) is 0 Å². The van der Waals surface area contributed by atoms with E-state index >= 15 is 0 Å². The average molecular weight is 301 g/mol. The molecule has 1 aromatic rings. The highest BCUT2D eigenvalue weighted by Crippen LogP contribution is 2.22. The lowest BCUT2D eigenvalue weighted by Gasteiger charge is -2.15. The van der Waals surface area contributed by atoms with Crippen LogP contribution in [0.25, 0.3) is 0 Å². The van der Waals surface area contributed by atoms with Crippen molar-refractivity contribution in [2.24, 2.45) is 5.92 Å². The van der Waals surface area contributed by atoms with Gasteiger partial charge in [0, 0.05) is 12.5 Å². The molecule has 0 amide bonds. The van der Waals surface area contributed by atoms with Gasteiger partial charge in [-0.1, -0.05) is 38.1 Å². The molecule has 0 fully saturated rings. The molecule has 0 aliphatic heterocycles. The predicted molar refractivity (Wildman–Crippen MR) is 81.3 cm³/mol. The van der Waals surface area contributed by atoms with E-state index in [1.54, 1.807) is 0 Å². The highest BCUT2D eigenvalue weighted by atomic mass is 19.4. The summed E-state index contributed by atoms with van der Waals surface area (Å²) in [6.07, 6.45) is -2.91. The summed E-state index contributed by atoms with van der Waals surface area (Å²) in [7, 11) is 0. The van der Waals surface area contributed by atoms with Crippen molar-refractivity contribution in [1.29, 1.82) is 0 Å². The molecule has 1 unspecified atom stereocenters. The van der Waals surface area contributed by atoms with E-state index in [4.69, 9.17) is 0 Å². The van der Waals surface area contributed by atoms with Crippen LogP contribution < -0.4 is 5.32 Å².